The average Bonchev–Trinajstić information content (AvgIpc) is 2.29. The second kappa shape index (κ2) is 4.83. The molecule has 0 bridgehead atoms. The van der Waals surface area contributed by atoms with Crippen LogP contribution >= 0.6 is 30.5 Å². The zero-order chi connectivity index (χ0) is 12.5. The van der Waals surface area contributed by atoms with Gasteiger partial charge in [-0.3, -0.25) is 10.1 Å². The number of hydrogen-bond acceptors (Lipinski definition) is 1. The standard InChI is InChI=1S/C12H10Cl2NOP/c13-9-3-1-5-11(7-9)17(15,16)12-6-2-4-10(14)8-12/h1-8H,(H2,15,16). The molecular formula is C12H10Cl2NOP. The molecule has 2 rings (SSSR count). The van der Waals surface area contributed by atoms with E-state index in [4.69, 9.17) is 28.7 Å². The number of halogens is 2. The van der Waals surface area contributed by atoms with Crippen molar-refractivity contribution in [1.82, 2.24) is 0 Å². The molecule has 0 aliphatic rings. The van der Waals surface area contributed by atoms with E-state index in [2.05, 4.69) is 0 Å². The van der Waals surface area contributed by atoms with Crippen LogP contribution < -0.4 is 16.1 Å². The Morgan fingerprint density at radius 1 is 0.882 bits per heavy atom. The Balaban J connectivity index is 2.53. The van der Waals surface area contributed by atoms with Crippen molar-refractivity contribution in [3.63, 3.8) is 0 Å². The predicted octanol–water partition coefficient (Wildman–Crippen LogP) is 3.18. The van der Waals surface area contributed by atoms with Gasteiger partial charge in [-0.2, -0.15) is 0 Å². The smallest absolute Gasteiger partial charge is 0.202 e. The molecule has 0 aromatic heterocycles. The fourth-order valence-corrected chi connectivity index (χ4v) is 3.62. The van der Waals surface area contributed by atoms with Crippen molar-refractivity contribution < 1.29 is 4.57 Å². The van der Waals surface area contributed by atoms with Gasteiger partial charge in [0.2, 0.25) is 7.29 Å². The highest BCUT2D eigenvalue weighted by atomic mass is 35.5. The molecule has 0 amide bonds. The zero-order valence-electron chi connectivity index (χ0n) is 8.81. The van der Waals surface area contributed by atoms with Crippen LogP contribution in [-0.4, -0.2) is 0 Å². The molecule has 0 radical (unpaired) electrons. The largest absolute Gasteiger partial charge is 0.297 e. The lowest BCUT2D eigenvalue weighted by Crippen LogP contribution is -2.22. The molecule has 2 nitrogen and oxygen atoms in total. The van der Waals surface area contributed by atoms with Crippen LogP contribution in [0.1, 0.15) is 0 Å². The fraction of sp³-hybridized carbons (Fsp3) is 0. The van der Waals surface area contributed by atoms with E-state index in [1.165, 1.54) is 0 Å². The molecule has 88 valence electrons. The van der Waals surface area contributed by atoms with E-state index in [1.54, 1.807) is 48.5 Å². The third-order valence-electron chi connectivity index (χ3n) is 2.38. The first kappa shape index (κ1) is 12.7. The maximum Gasteiger partial charge on any atom is 0.202 e. The molecule has 0 heterocycles. The van der Waals surface area contributed by atoms with Gasteiger partial charge in [0.05, 0.1) is 0 Å². The van der Waals surface area contributed by atoms with Gasteiger partial charge in [-0.15, -0.1) is 0 Å². The average molecular weight is 286 g/mol. The van der Waals surface area contributed by atoms with Crippen LogP contribution in [0.3, 0.4) is 0 Å². The third-order valence-corrected chi connectivity index (χ3v) is 4.94. The summed E-state index contributed by atoms with van der Waals surface area (Å²) >= 11 is 11.7. The Labute approximate surface area is 110 Å². The number of nitrogens with two attached hydrogens (primary N) is 1. The van der Waals surface area contributed by atoms with Crippen LogP contribution in [0.15, 0.2) is 48.5 Å². The molecule has 2 aromatic rings. The third kappa shape index (κ3) is 2.72. The summed E-state index contributed by atoms with van der Waals surface area (Å²) in [4.78, 5) is 0. The van der Waals surface area contributed by atoms with Crippen LogP contribution in [-0.2, 0) is 4.57 Å². The molecule has 2 N–H and O–H groups in total. The first-order chi connectivity index (χ1) is 8.00. The molecule has 0 aliphatic carbocycles. The van der Waals surface area contributed by atoms with E-state index in [1.807, 2.05) is 0 Å². The lowest BCUT2D eigenvalue weighted by atomic mass is 10.4. The quantitative estimate of drug-likeness (QED) is 0.862. The molecule has 0 fully saturated rings. The minimum absolute atomic E-state index is 0.509. The monoisotopic (exact) mass is 285 g/mol. The van der Waals surface area contributed by atoms with Crippen LogP contribution in [0.25, 0.3) is 0 Å². The maximum atomic E-state index is 12.6. The van der Waals surface area contributed by atoms with Gasteiger partial charge in [-0.25, -0.2) is 0 Å². The van der Waals surface area contributed by atoms with Crippen molar-refractivity contribution in [3.8, 4) is 0 Å². The Morgan fingerprint density at radius 2 is 1.29 bits per heavy atom. The van der Waals surface area contributed by atoms with Crippen molar-refractivity contribution in [3.05, 3.63) is 58.6 Å². The summed E-state index contributed by atoms with van der Waals surface area (Å²) in [5, 5.41) is 2.06. The number of hydrogen-bond donors (Lipinski definition) is 1. The molecule has 0 saturated heterocycles. The second-order valence-corrected chi connectivity index (χ2v) is 6.84. The van der Waals surface area contributed by atoms with Crippen molar-refractivity contribution >= 4 is 41.1 Å². The van der Waals surface area contributed by atoms with Crippen molar-refractivity contribution in [2.75, 3.05) is 0 Å². The topological polar surface area (TPSA) is 43.1 Å². The van der Waals surface area contributed by atoms with Crippen LogP contribution in [0, 0.1) is 0 Å². The summed E-state index contributed by atoms with van der Waals surface area (Å²) in [6.07, 6.45) is 0. The minimum atomic E-state index is -3.12. The fourth-order valence-electron chi connectivity index (χ4n) is 1.51. The van der Waals surface area contributed by atoms with Gasteiger partial charge in [-0.1, -0.05) is 35.3 Å². The van der Waals surface area contributed by atoms with E-state index in [-0.39, 0.29) is 0 Å². The summed E-state index contributed by atoms with van der Waals surface area (Å²) in [6, 6.07) is 13.5. The van der Waals surface area contributed by atoms with Crippen molar-refractivity contribution in [2.45, 2.75) is 0 Å². The van der Waals surface area contributed by atoms with Crippen LogP contribution in [0.5, 0.6) is 0 Å². The van der Waals surface area contributed by atoms with Crippen LogP contribution in [0.2, 0.25) is 10.0 Å². The van der Waals surface area contributed by atoms with Gasteiger partial charge in [-0.05, 0) is 36.4 Å². The summed E-state index contributed by atoms with van der Waals surface area (Å²) in [5.41, 5.74) is 5.94. The van der Waals surface area contributed by atoms with E-state index in [0.717, 1.165) is 0 Å². The lowest BCUT2D eigenvalue weighted by Gasteiger charge is -2.13. The molecule has 0 spiro atoms. The molecule has 0 unspecified atom stereocenters. The minimum Gasteiger partial charge on any atom is -0.297 e. The Kier molecular flexibility index (Phi) is 3.60. The zero-order valence-corrected chi connectivity index (χ0v) is 11.2. The summed E-state index contributed by atoms with van der Waals surface area (Å²) in [7, 11) is -3.12. The predicted molar refractivity (Wildman–Crippen MR) is 74.0 cm³/mol. The van der Waals surface area contributed by atoms with E-state index in [0.29, 0.717) is 20.7 Å². The molecule has 17 heavy (non-hydrogen) atoms. The SMILES string of the molecule is NP(=O)(c1cccc(Cl)c1)c1cccc(Cl)c1. The first-order valence-electron chi connectivity index (χ1n) is 4.91. The molecule has 2 aromatic carbocycles. The van der Waals surface area contributed by atoms with E-state index in [9.17, 15) is 4.57 Å². The number of rotatable bonds is 2. The Bertz CT molecular complexity index is 551. The molecule has 5 heteroatoms. The first-order valence-corrected chi connectivity index (χ1v) is 7.44. The normalized spacial score (nSPS) is 11.5. The maximum absolute atomic E-state index is 12.6. The number of benzene rings is 2. The van der Waals surface area contributed by atoms with Gasteiger partial charge in [0.25, 0.3) is 0 Å². The Morgan fingerprint density at radius 3 is 1.65 bits per heavy atom. The highest BCUT2D eigenvalue weighted by Gasteiger charge is 2.22. The van der Waals surface area contributed by atoms with Gasteiger partial charge < -0.3 is 0 Å². The van der Waals surface area contributed by atoms with Crippen molar-refractivity contribution in [1.29, 1.82) is 0 Å². The van der Waals surface area contributed by atoms with Gasteiger partial charge in [0.1, 0.15) is 0 Å². The highest BCUT2D eigenvalue weighted by molar-refractivity contribution is 7.76. The molecular weight excluding hydrogens is 276 g/mol. The summed E-state index contributed by atoms with van der Waals surface area (Å²) in [6.45, 7) is 0. The van der Waals surface area contributed by atoms with E-state index < -0.39 is 7.29 Å². The van der Waals surface area contributed by atoms with Gasteiger partial charge in [0.15, 0.2) is 0 Å². The van der Waals surface area contributed by atoms with Crippen molar-refractivity contribution in [2.24, 2.45) is 5.50 Å². The molecule has 0 saturated carbocycles. The van der Waals surface area contributed by atoms with E-state index >= 15 is 0 Å². The summed E-state index contributed by atoms with van der Waals surface area (Å²) < 4.78 is 12.6. The van der Waals surface area contributed by atoms with Crippen LogP contribution in [0.4, 0.5) is 0 Å². The van der Waals surface area contributed by atoms with Gasteiger partial charge in [0, 0.05) is 20.7 Å². The lowest BCUT2D eigenvalue weighted by molar-refractivity contribution is 0.588. The molecule has 0 atom stereocenters. The van der Waals surface area contributed by atoms with Gasteiger partial charge >= 0.3 is 0 Å². The summed E-state index contributed by atoms with van der Waals surface area (Å²) in [5.74, 6) is 0. The molecule has 0 aliphatic heterocycles. The second-order valence-electron chi connectivity index (χ2n) is 3.62. The highest BCUT2D eigenvalue weighted by Crippen LogP contribution is 2.35. The Hall–Kier alpha value is -0.790.